The molecule has 1 atom stereocenters. The molecule has 2 aliphatic rings. The van der Waals surface area contributed by atoms with E-state index >= 15 is 0 Å². The van der Waals surface area contributed by atoms with Crippen LogP contribution in [0.25, 0.3) is 22.2 Å². The number of nitrogens with zero attached hydrogens (tertiary/aromatic N) is 4. The van der Waals surface area contributed by atoms with E-state index < -0.39 is 6.02 Å². The van der Waals surface area contributed by atoms with Crippen LogP contribution in [-0.2, 0) is 0 Å². The highest BCUT2D eigenvalue weighted by molar-refractivity contribution is 6.03. The fraction of sp³-hybridized carbons (Fsp3) is 0.300. The minimum atomic E-state index is -1.53. The van der Waals surface area contributed by atoms with Crippen LogP contribution in [0.5, 0.6) is 0 Å². The molecule has 2 aromatic heterocycles. The summed E-state index contributed by atoms with van der Waals surface area (Å²) in [6.07, 6.45) is 8.52. The van der Waals surface area contributed by atoms with E-state index in [1.54, 1.807) is 24.5 Å². The normalized spacial score (nSPS) is 17.0. The Labute approximate surface area is 233 Å². The second-order valence-electron chi connectivity index (χ2n) is 11.3. The van der Waals surface area contributed by atoms with Crippen molar-refractivity contribution < 1.29 is 10.2 Å². The maximum atomic E-state index is 13.9. The molecule has 6 rings (SSSR count). The number of nitrogens with one attached hydrogen (secondary N) is 4. The summed E-state index contributed by atoms with van der Waals surface area (Å²) >= 11 is 0. The molecule has 4 N–H and O–H groups in total. The van der Waals surface area contributed by atoms with Crippen LogP contribution in [0.1, 0.15) is 52.1 Å². The number of hydrogen-bond donors (Lipinski definition) is 4. The summed E-state index contributed by atoms with van der Waals surface area (Å²) in [6.45, 7) is 6.95. The van der Waals surface area contributed by atoms with Crippen molar-refractivity contribution >= 4 is 22.3 Å². The molecule has 1 saturated carbocycles. The minimum Gasteiger partial charge on any atom is -0.443 e. The van der Waals surface area contributed by atoms with Gasteiger partial charge in [0.05, 0.1) is 36.1 Å². The van der Waals surface area contributed by atoms with Gasteiger partial charge in [0, 0.05) is 41.6 Å². The maximum absolute atomic E-state index is 13.9. The SMILES string of the molecule is [2H][C@](Nc1cc(-c2cnco2)c2ncc(C#N)c(NCC(C)(C)C)c2c1)(C1=CN(C2CC2)NN1)c1ccc(F)cc1. The lowest BCUT2D eigenvalue weighted by Gasteiger charge is -2.24. The molecule has 2 aromatic carbocycles. The number of fused-ring (bicyclic) bond motifs is 1. The van der Waals surface area contributed by atoms with Crippen molar-refractivity contribution in [3.05, 3.63) is 84.0 Å². The van der Waals surface area contributed by atoms with Crippen molar-refractivity contribution in [2.45, 2.75) is 45.7 Å². The Bertz CT molecular complexity index is 1660. The predicted molar refractivity (Wildman–Crippen MR) is 152 cm³/mol. The summed E-state index contributed by atoms with van der Waals surface area (Å²) in [7, 11) is 0. The number of halogens is 1. The molecular weight excluding hydrogens is 507 g/mol. The smallest absolute Gasteiger partial charge is 0.181 e. The zero-order chi connectivity index (χ0) is 28.8. The Morgan fingerprint density at radius 2 is 2.05 bits per heavy atom. The van der Waals surface area contributed by atoms with Crippen molar-refractivity contribution in [2.24, 2.45) is 5.41 Å². The van der Waals surface area contributed by atoms with Crippen LogP contribution in [0.15, 0.2) is 71.5 Å². The lowest BCUT2D eigenvalue weighted by molar-refractivity contribution is 0.260. The second kappa shape index (κ2) is 10.2. The monoisotopic (exact) mass is 539 g/mol. The first-order valence-electron chi connectivity index (χ1n) is 13.7. The highest BCUT2D eigenvalue weighted by Crippen LogP contribution is 2.38. The molecule has 0 spiro atoms. The fourth-order valence-electron chi connectivity index (χ4n) is 4.60. The molecule has 0 bridgehead atoms. The van der Waals surface area contributed by atoms with Gasteiger partial charge in [0.2, 0.25) is 0 Å². The summed E-state index contributed by atoms with van der Waals surface area (Å²) in [5.41, 5.74) is 10.2. The summed E-state index contributed by atoms with van der Waals surface area (Å²) < 4.78 is 29.3. The van der Waals surface area contributed by atoms with Gasteiger partial charge in [0.15, 0.2) is 12.2 Å². The van der Waals surface area contributed by atoms with Crippen LogP contribution in [0.2, 0.25) is 0 Å². The van der Waals surface area contributed by atoms with E-state index in [1.165, 1.54) is 18.5 Å². The molecule has 204 valence electrons. The highest BCUT2D eigenvalue weighted by atomic mass is 19.1. The van der Waals surface area contributed by atoms with Gasteiger partial charge >= 0.3 is 0 Å². The average Bonchev–Trinajstić information content (AvgIpc) is 3.42. The van der Waals surface area contributed by atoms with Crippen LogP contribution >= 0.6 is 0 Å². The van der Waals surface area contributed by atoms with E-state index in [2.05, 4.69) is 58.4 Å². The predicted octanol–water partition coefficient (Wildman–Crippen LogP) is 5.84. The summed E-state index contributed by atoms with van der Waals surface area (Å²) in [6, 6.07) is 10.7. The second-order valence-corrected chi connectivity index (χ2v) is 11.3. The summed E-state index contributed by atoms with van der Waals surface area (Å²) in [4.78, 5) is 8.72. The van der Waals surface area contributed by atoms with Crippen molar-refractivity contribution in [1.82, 2.24) is 25.9 Å². The number of hydrogen-bond acceptors (Lipinski definition) is 9. The van der Waals surface area contributed by atoms with Crippen molar-refractivity contribution in [3.8, 4) is 17.4 Å². The molecular formula is C30H31FN8O. The van der Waals surface area contributed by atoms with Gasteiger partial charge < -0.3 is 20.5 Å². The van der Waals surface area contributed by atoms with Crippen LogP contribution in [0.3, 0.4) is 0 Å². The molecule has 9 nitrogen and oxygen atoms in total. The minimum absolute atomic E-state index is 0.0497. The third kappa shape index (κ3) is 5.28. The molecule has 3 heterocycles. The van der Waals surface area contributed by atoms with Gasteiger partial charge in [-0.05, 0) is 48.1 Å². The Morgan fingerprint density at radius 3 is 2.73 bits per heavy atom. The number of nitriles is 1. The van der Waals surface area contributed by atoms with Gasteiger partial charge in [-0.3, -0.25) is 9.99 Å². The van der Waals surface area contributed by atoms with Gasteiger partial charge in [-0.15, -0.1) is 5.53 Å². The topological polar surface area (TPSA) is 114 Å². The lowest BCUT2D eigenvalue weighted by atomic mass is 9.96. The molecule has 40 heavy (non-hydrogen) atoms. The molecule has 4 aromatic rings. The van der Waals surface area contributed by atoms with E-state index in [4.69, 9.17) is 4.42 Å². The quantitative estimate of drug-likeness (QED) is 0.219. The third-order valence-electron chi connectivity index (χ3n) is 6.78. The first-order chi connectivity index (χ1) is 19.6. The Morgan fingerprint density at radius 1 is 1.25 bits per heavy atom. The van der Waals surface area contributed by atoms with E-state index in [1.807, 2.05) is 23.3 Å². The van der Waals surface area contributed by atoms with E-state index in [-0.39, 0.29) is 11.2 Å². The molecule has 1 fully saturated rings. The zero-order valence-corrected chi connectivity index (χ0v) is 22.5. The number of benzene rings is 2. The third-order valence-corrected chi connectivity index (χ3v) is 6.78. The van der Waals surface area contributed by atoms with Crippen molar-refractivity contribution in [2.75, 3.05) is 17.2 Å². The molecule has 0 radical (unpaired) electrons. The lowest BCUT2D eigenvalue weighted by Crippen LogP contribution is -2.38. The first-order valence-corrected chi connectivity index (χ1v) is 13.2. The number of aromatic nitrogens is 2. The number of anilines is 2. The van der Waals surface area contributed by atoms with Gasteiger partial charge in [-0.2, -0.15) is 5.26 Å². The molecule has 1 aliphatic carbocycles. The number of rotatable bonds is 8. The maximum Gasteiger partial charge on any atom is 0.181 e. The fourth-order valence-corrected chi connectivity index (χ4v) is 4.60. The Kier molecular flexibility index (Phi) is 6.21. The molecule has 1 aliphatic heterocycles. The molecule has 0 unspecified atom stereocenters. The van der Waals surface area contributed by atoms with Gasteiger partial charge in [0.25, 0.3) is 0 Å². The first kappa shape index (κ1) is 24.4. The van der Waals surface area contributed by atoms with Crippen LogP contribution in [-0.4, -0.2) is 27.6 Å². The number of pyridine rings is 1. The Hall–Kier alpha value is -4.62. The van der Waals surface area contributed by atoms with Crippen molar-refractivity contribution in [1.29, 1.82) is 5.26 Å². The Balaban J connectivity index is 1.52. The van der Waals surface area contributed by atoms with Crippen LogP contribution in [0.4, 0.5) is 15.8 Å². The van der Waals surface area contributed by atoms with Gasteiger partial charge in [-0.25, -0.2) is 9.37 Å². The van der Waals surface area contributed by atoms with Gasteiger partial charge in [-0.1, -0.05) is 32.9 Å². The average molecular weight is 540 g/mol. The van der Waals surface area contributed by atoms with Crippen molar-refractivity contribution in [3.63, 3.8) is 0 Å². The van der Waals surface area contributed by atoms with E-state index in [0.29, 0.717) is 63.0 Å². The highest BCUT2D eigenvalue weighted by Gasteiger charge is 2.32. The standard InChI is InChI=1S/C30H31FN8O/c1-30(2,3)16-35-27-19(12-32)13-34-29-23(26-14-33-17-40-26)10-21(11-24(27)29)36-28(18-4-6-20(31)7-5-18)25-15-39(38-37-25)22-8-9-22/h4-7,10-11,13-15,17,22,28,36-38H,8-9,16H2,1-3H3,(H,34,35)/t28-/m1/s1/i28D. The molecule has 10 heteroatoms. The van der Waals surface area contributed by atoms with E-state index in [9.17, 15) is 11.0 Å². The summed E-state index contributed by atoms with van der Waals surface area (Å²) in [5.74, 6) is 0.111. The largest absolute Gasteiger partial charge is 0.443 e. The van der Waals surface area contributed by atoms with Crippen LogP contribution in [0, 0.1) is 22.6 Å². The summed E-state index contributed by atoms with van der Waals surface area (Å²) in [5, 5.41) is 19.4. The number of hydrazine groups is 2. The van der Waals surface area contributed by atoms with Gasteiger partial charge in [0.1, 0.15) is 11.9 Å². The number of oxazole rings is 1. The zero-order valence-electron chi connectivity index (χ0n) is 23.5. The molecule has 0 saturated heterocycles. The van der Waals surface area contributed by atoms with Crippen LogP contribution < -0.4 is 21.6 Å². The van der Waals surface area contributed by atoms with E-state index in [0.717, 1.165) is 12.8 Å². The molecule has 0 amide bonds.